The van der Waals surface area contributed by atoms with Crippen LogP contribution in [0.25, 0.3) is 0 Å². The Kier molecular flexibility index (Phi) is 3.28. The molecule has 3 atom stereocenters. The second-order valence-corrected chi connectivity index (χ2v) is 8.36. The zero-order valence-electron chi connectivity index (χ0n) is 12.9. The van der Waals surface area contributed by atoms with E-state index in [-0.39, 0.29) is 5.54 Å². The van der Waals surface area contributed by atoms with Crippen molar-refractivity contribution in [2.75, 3.05) is 6.54 Å². The Hall–Kier alpha value is -0.530. The number of fused-ring (bicyclic) bond motifs is 1. The number of hydrogen-bond acceptors (Lipinski definition) is 1. The van der Waals surface area contributed by atoms with Crippen molar-refractivity contribution < 1.29 is 4.79 Å². The van der Waals surface area contributed by atoms with E-state index in [2.05, 4.69) is 46.4 Å². The lowest BCUT2D eigenvalue weighted by Crippen LogP contribution is -2.43. The quantitative estimate of drug-likeness (QED) is 0.643. The lowest BCUT2D eigenvalue weighted by atomic mass is 9.66. The summed E-state index contributed by atoms with van der Waals surface area (Å²) in [5.74, 6) is 2.13. The molecule has 2 fully saturated rings. The maximum Gasteiger partial charge on any atom is 0.226 e. The minimum absolute atomic E-state index is 0.00828. The van der Waals surface area contributed by atoms with Crippen molar-refractivity contribution in [3.8, 4) is 0 Å². The molecule has 1 aliphatic heterocycles. The third-order valence-electron chi connectivity index (χ3n) is 5.02. The van der Waals surface area contributed by atoms with Crippen LogP contribution in [0.4, 0.5) is 0 Å². The second kappa shape index (κ2) is 4.25. The van der Waals surface area contributed by atoms with Crippen LogP contribution < -0.4 is 0 Å². The fraction of sp³-hybridized carbons (Fsp3) is 0.938. The highest BCUT2D eigenvalue weighted by Crippen LogP contribution is 2.47. The second-order valence-electron chi connectivity index (χ2n) is 8.36. The summed E-state index contributed by atoms with van der Waals surface area (Å²) in [6, 6.07) is 0. The van der Waals surface area contributed by atoms with E-state index in [0.29, 0.717) is 23.2 Å². The van der Waals surface area contributed by atoms with Crippen LogP contribution >= 0.6 is 0 Å². The van der Waals surface area contributed by atoms with Gasteiger partial charge in [-0.05, 0) is 57.3 Å². The van der Waals surface area contributed by atoms with Crippen LogP contribution in [0, 0.1) is 23.2 Å². The number of carbonyl (C=O) groups is 1. The normalized spacial score (nSPS) is 33.8. The lowest BCUT2D eigenvalue weighted by Gasteiger charge is -2.38. The van der Waals surface area contributed by atoms with Gasteiger partial charge in [-0.15, -0.1) is 0 Å². The first kappa shape index (κ1) is 13.9. The molecule has 2 aliphatic rings. The van der Waals surface area contributed by atoms with Gasteiger partial charge in [-0.2, -0.15) is 0 Å². The first-order chi connectivity index (χ1) is 8.10. The summed E-state index contributed by atoms with van der Waals surface area (Å²) >= 11 is 0. The largest absolute Gasteiger partial charge is 0.337 e. The van der Waals surface area contributed by atoms with Crippen molar-refractivity contribution in [1.82, 2.24) is 4.90 Å². The summed E-state index contributed by atoms with van der Waals surface area (Å²) in [7, 11) is 0. The molecule has 1 heterocycles. The molecule has 0 aromatic heterocycles. The van der Waals surface area contributed by atoms with Gasteiger partial charge in [0, 0.05) is 18.0 Å². The number of likely N-dealkylation sites (tertiary alicyclic amines) is 1. The maximum atomic E-state index is 12.5. The molecule has 0 radical (unpaired) electrons. The van der Waals surface area contributed by atoms with Crippen LogP contribution in [0.2, 0.25) is 0 Å². The summed E-state index contributed by atoms with van der Waals surface area (Å²) in [6.07, 6.45) is 3.58. The minimum atomic E-state index is -0.00828. The van der Waals surface area contributed by atoms with Gasteiger partial charge in [0.2, 0.25) is 5.91 Å². The van der Waals surface area contributed by atoms with Gasteiger partial charge in [-0.3, -0.25) is 4.79 Å². The SMILES string of the molecule is CC(C)(C)C1CCC2C(=O)N(C(C)(C)C)CC2C1. The maximum absolute atomic E-state index is 12.5. The van der Waals surface area contributed by atoms with Gasteiger partial charge < -0.3 is 4.90 Å². The first-order valence-electron chi connectivity index (χ1n) is 7.42. The Labute approximate surface area is 112 Å². The molecule has 2 heteroatoms. The summed E-state index contributed by atoms with van der Waals surface area (Å²) in [5.41, 5.74) is 0.384. The molecule has 0 aromatic carbocycles. The van der Waals surface area contributed by atoms with E-state index in [1.807, 2.05) is 0 Å². The average Bonchev–Trinajstić information content (AvgIpc) is 2.54. The Morgan fingerprint density at radius 1 is 1.06 bits per heavy atom. The highest BCUT2D eigenvalue weighted by molar-refractivity contribution is 5.82. The Morgan fingerprint density at radius 2 is 1.67 bits per heavy atom. The van der Waals surface area contributed by atoms with Gasteiger partial charge in [0.25, 0.3) is 0 Å². The number of rotatable bonds is 0. The van der Waals surface area contributed by atoms with E-state index < -0.39 is 0 Å². The summed E-state index contributed by atoms with van der Waals surface area (Å²) in [5, 5.41) is 0. The van der Waals surface area contributed by atoms with Crippen LogP contribution in [-0.4, -0.2) is 22.9 Å². The van der Waals surface area contributed by atoms with Gasteiger partial charge >= 0.3 is 0 Å². The van der Waals surface area contributed by atoms with E-state index >= 15 is 0 Å². The van der Waals surface area contributed by atoms with E-state index in [0.717, 1.165) is 18.9 Å². The zero-order chi connectivity index (χ0) is 13.7. The van der Waals surface area contributed by atoms with Gasteiger partial charge in [-0.1, -0.05) is 20.8 Å². The smallest absolute Gasteiger partial charge is 0.226 e. The molecule has 0 spiro atoms. The van der Waals surface area contributed by atoms with Crippen molar-refractivity contribution in [2.24, 2.45) is 23.2 Å². The van der Waals surface area contributed by atoms with Gasteiger partial charge in [0.05, 0.1) is 0 Å². The van der Waals surface area contributed by atoms with Crippen molar-refractivity contribution >= 4 is 5.91 Å². The predicted molar refractivity (Wildman–Crippen MR) is 75.2 cm³/mol. The molecule has 104 valence electrons. The molecule has 0 bridgehead atoms. The molecule has 2 nitrogen and oxygen atoms in total. The molecule has 3 unspecified atom stereocenters. The third-order valence-corrected chi connectivity index (χ3v) is 5.02. The van der Waals surface area contributed by atoms with Crippen LogP contribution in [-0.2, 0) is 4.79 Å². The van der Waals surface area contributed by atoms with Crippen molar-refractivity contribution in [3.05, 3.63) is 0 Å². The summed E-state index contributed by atoms with van der Waals surface area (Å²) in [6.45, 7) is 14.5. The highest BCUT2D eigenvalue weighted by Gasteiger charge is 2.48. The lowest BCUT2D eigenvalue weighted by molar-refractivity contribution is -0.135. The van der Waals surface area contributed by atoms with Crippen LogP contribution in [0.5, 0.6) is 0 Å². The topological polar surface area (TPSA) is 20.3 Å². The van der Waals surface area contributed by atoms with E-state index in [1.54, 1.807) is 0 Å². The van der Waals surface area contributed by atoms with E-state index in [4.69, 9.17) is 0 Å². The number of hydrogen-bond donors (Lipinski definition) is 0. The fourth-order valence-electron chi connectivity index (χ4n) is 3.71. The summed E-state index contributed by atoms with van der Waals surface area (Å²) in [4.78, 5) is 14.6. The van der Waals surface area contributed by atoms with E-state index in [9.17, 15) is 4.79 Å². The van der Waals surface area contributed by atoms with Crippen molar-refractivity contribution in [3.63, 3.8) is 0 Å². The van der Waals surface area contributed by atoms with Gasteiger partial charge in [-0.25, -0.2) is 0 Å². The molecule has 1 aliphatic carbocycles. The number of amides is 1. The number of nitrogens with zero attached hydrogens (tertiary/aromatic N) is 1. The van der Waals surface area contributed by atoms with Crippen molar-refractivity contribution in [1.29, 1.82) is 0 Å². The first-order valence-corrected chi connectivity index (χ1v) is 7.42. The van der Waals surface area contributed by atoms with Crippen LogP contribution in [0.1, 0.15) is 60.8 Å². The highest BCUT2D eigenvalue weighted by atomic mass is 16.2. The average molecular weight is 251 g/mol. The molecule has 1 saturated carbocycles. The Balaban J connectivity index is 2.11. The monoisotopic (exact) mass is 251 g/mol. The minimum Gasteiger partial charge on any atom is -0.337 e. The molecule has 0 N–H and O–H groups in total. The van der Waals surface area contributed by atoms with Crippen LogP contribution in [0.3, 0.4) is 0 Å². The van der Waals surface area contributed by atoms with Gasteiger partial charge in [0.15, 0.2) is 0 Å². The van der Waals surface area contributed by atoms with Crippen LogP contribution in [0.15, 0.2) is 0 Å². The molecule has 1 saturated heterocycles. The number of carbonyl (C=O) groups excluding carboxylic acids is 1. The van der Waals surface area contributed by atoms with E-state index in [1.165, 1.54) is 12.8 Å². The molecule has 0 aromatic rings. The Morgan fingerprint density at radius 3 is 2.17 bits per heavy atom. The van der Waals surface area contributed by atoms with Crippen molar-refractivity contribution in [2.45, 2.75) is 66.3 Å². The molecule has 18 heavy (non-hydrogen) atoms. The molecular formula is C16H29NO. The summed E-state index contributed by atoms with van der Waals surface area (Å²) < 4.78 is 0. The molecule has 2 rings (SSSR count). The zero-order valence-corrected chi connectivity index (χ0v) is 12.9. The standard InChI is InChI=1S/C16H29NO/c1-15(2,3)12-7-8-13-11(9-12)10-17(14(13)18)16(4,5)6/h11-13H,7-10H2,1-6H3. The third kappa shape index (κ3) is 2.44. The fourth-order valence-corrected chi connectivity index (χ4v) is 3.71. The Bertz CT molecular complexity index is 334. The van der Waals surface area contributed by atoms with Gasteiger partial charge in [0.1, 0.15) is 0 Å². The molecule has 1 amide bonds. The molecular weight excluding hydrogens is 222 g/mol. The predicted octanol–water partition coefficient (Wildman–Crippen LogP) is 3.71.